The molecule has 0 unspecified atom stereocenters. The number of amides is 2. The van der Waals surface area contributed by atoms with E-state index in [1.807, 2.05) is 0 Å². The summed E-state index contributed by atoms with van der Waals surface area (Å²) in [5.41, 5.74) is 1.75. The minimum atomic E-state index is -4.61. The third-order valence-corrected chi connectivity index (χ3v) is 5.48. The zero-order chi connectivity index (χ0) is 20.1. The second kappa shape index (κ2) is 6.97. The quantitative estimate of drug-likeness (QED) is 0.777. The summed E-state index contributed by atoms with van der Waals surface area (Å²) >= 11 is 6.29. The summed E-state index contributed by atoms with van der Waals surface area (Å²) in [6.07, 6.45) is -2.40. The van der Waals surface area contributed by atoms with Crippen molar-refractivity contribution in [3.05, 3.63) is 34.0 Å². The summed E-state index contributed by atoms with van der Waals surface area (Å²) in [7, 11) is 0. The molecule has 0 spiro atoms. The zero-order valence-corrected chi connectivity index (χ0v) is 15.4. The van der Waals surface area contributed by atoms with Gasteiger partial charge < -0.3 is 9.32 Å². The molecular formula is C18H17ClF3N3O3. The number of hydrazine groups is 1. The molecule has 2 aromatic rings. The molecule has 4 rings (SSSR count). The van der Waals surface area contributed by atoms with Gasteiger partial charge in [-0.3, -0.25) is 15.0 Å². The van der Waals surface area contributed by atoms with Crippen molar-refractivity contribution >= 4 is 34.9 Å². The fourth-order valence-electron chi connectivity index (χ4n) is 3.45. The van der Waals surface area contributed by atoms with Crippen LogP contribution in [0.3, 0.4) is 0 Å². The van der Waals surface area contributed by atoms with Gasteiger partial charge in [0.2, 0.25) is 12.2 Å². The Morgan fingerprint density at radius 2 is 1.89 bits per heavy atom. The first-order valence-electron chi connectivity index (χ1n) is 8.86. The van der Waals surface area contributed by atoms with Crippen LogP contribution in [0.5, 0.6) is 0 Å². The summed E-state index contributed by atoms with van der Waals surface area (Å²) in [6, 6.07) is 2.69. The molecule has 1 saturated heterocycles. The van der Waals surface area contributed by atoms with Gasteiger partial charge in [-0.1, -0.05) is 11.6 Å². The van der Waals surface area contributed by atoms with E-state index in [1.54, 1.807) is 11.1 Å². The Balaban J connectivity index is 1.69. The highest BCUT2D eigenvalue weighted by Crippen LogP contribution is 2.46. The highest BCUT2D eigenvalue weighted by molar-refractivity contribution is 6.38. The van der Waals surface area contributed by atoms with Crippen molar-refractivity contribution in [2.45, 2.75) is 24.9 Å². The maximum absolute atomic E-state index is 13.6. The van der Waals surface area contributed by atoms with Gasteiger partial charge in [0.15, 0.2) is 0 Å². The summed E-state index contributed by atoms with van der Waals surface area (Å²) in [5, 5.41) is 1.66. The number of benzene rings is 1. The number of hydrogen-bond acceptors (Lipinski definition) is 4. The molecular weight excluding hydrogens is 399 g/mol. The number of halogens is 4. The Bertz CT molecular complexity index is 932. The molecule has 2 fully saturated rings. The van der Waals surface area contributed by atoms with Crippen molar-refractivity contribution in [2.24, 2.45) is 0 Å². The van der Waals surface area contributed by atoms with Gasteiger partial charge in [0.25, 0.3) is 5.91 Å². The number of furan rings is 1. The van der Waals surface area contributed by atoms with Crippen LogP contribution in [0.1, 0.15) is 40.4 Å². The summed E-state index contributed by atoms with van der Waals surface area (Å²) in [4.78, 5) is 24.7. The summed E-state index contributed by atoms with van der Waals surface area (Å²) in [6.45, 7) is 1.35. The zero-order valence-electron chi connectivity index (χ0n) is 14.7. The standard InChI is InChI=1S/C18H17ClF3N3O3/c19-14-12-7-11(10-1-2-10)8-13(18(20,21)22)15(12)28-16(14)17(27)24-3-5-25(6-4-24)23-9-26/h7-10H,1-6H2,(H,23,26). The van der Waals surface area contributed by atoms with Crippen LogP contribution in [-0.4, -0.2) is 48.4 Å². The van der Waals surface area contributed by atoms with E-state index in [1.165, 1.54) is 4.90 Å². The van der Waals surface area contributed by atoms with Gasteiger partial charge in [0, 0.05) is 31.6 Å². The molecule has 2 aliphatic rings. The van der Waals surface area contributed by atoms with Crippen molar-refractivity contribution < 1.29 is 27.2 Å². The summed E-state index contributed by atoms with van der Waals surface area (Å²) in [5.74, 6) is -0.756. The van der Waals surface area contributed by atoms with Crippen molar-refractivity contribution in [1.82, 2.24) is 15.3 Å². The molecule has 1 aliphatic heterocycles. The molecule has 6 nitrogen and oxygen atoms in total. The molecule has 1 aromatic heterocycles. The molecule has 150 valence electrons. The van der Waals surface area contributed by atoms with E-state index in [0.717, 1.165) is 18.9 Å². The number of rotatable bonds is 4. The lowest BCUT2D eigenvalue weighted by atomic mass is 10.0. The second-order valence-electron chi connectivity index (χ2n) is 6.99. The smallest absolute Gasteiger partial charge is 0.420 e. The molecule has 2 amide bonds. The van der Waals surface area contributed by atoms with E-state index in [0.29, 0.717) is 25.1 Å². The molecule has 0 bridgehead atoms. The Labute approximate surface area is 163 Å². The van der Waals surface area contributed by atoms with E-state index >= 15 is 0 Å². The number of alkyl halides is 3. The average Bonchev–Trinajstić information content (AvgIpc) is 3.45. The van der Waals surface area contributed by atoms with E-state index in [9.17, 15) is 22.8 Å². The molecule has 1 N–H and O–H groups in total. The molecule has 1 aromatic carbocycles. The highest BCUT2D eigenvalue weighted by Gasteiger charge is 2.38. The Morgan fingerprint density at radius 1 is 1.21 bits per heavy atom. The van der Waals surface area contributed by atoms with Crippen molar-refractivity contribution in [3.8, 4) is 0 Å². The Morgan fingerprint density at radius 3 is 2.46 bits per heavy atom. The van der Waals surface area contributed by atoms with Crippen molar-refractivity contribution in [3.63, 3.8) is 0 Å². The SMILES string of the molecule is O=CNN1CCN(C(=O)c2oc3c(C(F)(F)F)cc(C4CC4)cc3c2Cl)CC1. The molecule has 0 atom stereocenters. The molecule has 2 heterocycles. The predicted molar refractivity (Wildman–Crippen MR) is 94.9 cm³/mol. The number of nitrogens with zero attached hydrogens (tertiary/aromatic N) is 2. The topological polar surface area (TPSA) is 65.8 Å². The lowest BCUT2D eigenvalue weighted by molar-refractivity contribution is -0.136. The van der Waals surface area contributed by atoms with E-state index in [2.05, 4.69) is 5.43 Å². The van der Waals surface area contributed by atoms with Crippen LogP contribution < -0.4 is 5.43 Å². The van der Waals surface area contributed by atoms with Gasteiger partial charge in [0.05, 0.1) is 10.6 Å². The van der Waals surface area contributed by atoms with E-state index < -0.39 is 23.2 Å². The van der Waals surface area contributed by atoms with Crippen LogP contribution in [0.4, 0.5) is 13.2 Å². The second-order valence-corrected chi connectivity index (χ2v) is 7.37. The van der Waals surface area contributed by atoms with Gasteiger partial charge in [-0.25, -0.2) is 5.01 Å². The Kier molecular flexibility index (Phi) is 4.75. The lowest BCUT2D eigenvalue weighted by Crippen LogP contribution is -2.53. The number of carbonyl (C=O) groups excluding carboxylic acids is 2. The molecule has 1 aliphatic carbocycles. The van der Waals surface area contributed by atoms with Crippen molar-refractivity contribution in [1.29, 1.82) is 0 Å². The normalized spacial score (nSPS) is 18.5. The van der Waals surface area contributed by atoms with E-state index in [-0.39, 0.29) is 35.2 Å². The van der Waals surface area contributed by atoms with Crippen molar-refractivity contribution in [2.75, 3.05) is 26.2 Å². The van der Waals surface area contributed by atoms with Crippen LogP contribution in [0.15, 0.2) is 16.5 Å². The number of piperazine rings is 1. The number of nitrogens with one attached hydrogen (secondary N) is 1. The minimum Gasteiger partial charge on any atom is -0.449 e. The van der Waals surface area contributed by atoms with Gasteiger partial charge in [-0.15, -0.1) is 0 Å². The maximum Gasteiger partial charge on any atom is 0.420 e. The van der Waals surface area contributed by atoms with Crippen LogP contribution >= 0.6 is 11.6 Å². The minimum absolute atomic E-state index is 0.0917. The van der Waals surface area contributed by atoms with E-state index in [4.69, 9.17) is 16.0 Å². The number of carbonyl (C=O) groups is 2. The fourth-order valence-corrected chi connectivity index (χ4v) is 3.71. The predicted octanol–water partition coefficient (Wildman–Crippen LogP) is 3.40. The van der Waals surface area contributed by atoms with Gasteiger partial charge in [-0.2, -0.15) is 13.2 Å². The monoisotopic (exact) mass is 415 g/mol. The lowest BCUT2D eigenvalue weighted by Gasteiger charge is -2.33. The third-order valence-electron chi connectivity index (χ3n) is 5.10. The van der Waals surface area contributed by atoms with Crippen LogP contribution in [-0.2, 0) is 11.0 Å². The summed E-state index contributed by atoms with van der Waals surface area (Å²) < 4.78 is 46.0. The fraction of sp³-hybridized carbons (Fsp3) is 0.444. The molecule has 10 heteroatoms. The first-order valence-corrected chi connectivity index (χ1v) is 9.24. The highest BCUT2D eigenvalue weighted by atomic mass is 35.5. The molecule has 28 heavy (non-hydrogen) atoms. The van der Waals surface area contributed by atoms with Crippen LogP contribution in [0, 0.1) is 0 Å². The van der Waals surface area contributed by atoms with Gasteiger partial charge in [0.1, 0.15) is 5.58 Å². The molecule has 1 saturated carbocycles. The maximum atomic E-state index is 13.6. The van der Waals surface area contributed by atoms with Crippen LogP contribution in [0.25, 0.3) is 11.0 Å². The average molecular weight is 416 g/mol. The van der Waals surface area contributed by atoms with Gasteiger partial charge >= 0.3 is 6.18 Å². The molecule has 0 radical (unpaired) electrons. The first-order chi connectivity index (χ1) is 13.3. The number of fused-ring (bicyclic) bond motifs is 1. The largest absolute Gasteiger partial charge is 0.449 e. The number of hydrogen-bond donors (Lipinski definition) is 1. The van der Waals surface area contributed by atoms with Crippen LogP contribution in [0.2, 0.25) is 5.02 Å². The van der Waals surface area contributed by atoms with Gasteiger partial charge in [-0.05, 0) is 36.5 Å². The Hall–Kier alpha value is -2.26. The first kappa shape index (κ1) is 19.1. The third kappa shape index (κ3) is 3.44.